The average Bonchev–Trinajstić information content (AvgIpc) is 2.67. The molecule has 1 aliphatic rings. The molecule has 0 saturated heterocycles. The molecule has 154 valence electrons. The maximum absolute atomic E-state index is 13.5. The van der Waals surface area contributed by atoms with Gasteiger partial charge in [-0.15, -0.1) is 0 Å². The molecule has 29 heavy (non-hydrogen) atoms. The lowest BCUT2D eigenvalue weighted by Crippen LogP contribution is -2.37. The van der Waals surface area contributed by atoms with Crippen molar-refractivity contribution in [2.75, 3.05) is 33.3 Å². The zero-order valence-corrected chi connectivity index (χ0v) is 16.7. The summed E-state index contributed by atoms with van der Waals surface area (Å²) in [7, 11) is 1.69. The lowest BCUT2D eigenvalue weighted by Gasteiger charge is -2.26. The number of carbonyl (C=O) groups excluding carboxylic acids is 2. The minimum Gasteiger partial charge on any atom is -0.491 e. The third-order valence-electron chi connectivity index (χ3n) is 4.71. The number of nitrogens with zero attached hydrogens (tertiary/aromatic N) is 2. The van der Waals surface area contributed by atoms with E-state index in [1.54, 1.807) is 30.1 Å². The molecule has 1 heterocycles. The van der Waals surface area contributed by atoms with Crippen molar-refractivity contribution in [3.05, 3.63) is 64.2 Å². The molecule has 0 bridgehead atoms. The molecule has 8 heteroatoms. The summed E-state index contributed by atoms with van der Waals surface area (Å²) in [4.78, 5) is 28.5. The van der Waals surface area contributed by atoms with Crippen molar-refractivity contribution in [1.29, 1.82) is 0 Å². The highest BCUT2D eigenvalue weighted by Gasteiger charge is 2.21. The van der Waals surface area contributed by atoms with Gasteiger partial charge in [0.2, 0.25) is 0 Å². The van der Waals surface area contributed by atoms with Gasteiger partial charge in [-0.25, -0.2) is 8.78 Å². The van der Waals surface area contributed by atoms with E-state index in [-0.39, 0.29) is 24.6 Å². The van der Waals surface area contributed by atoms with Gasteiger partial charge in [-0.1, -0.05) is 11.6 Å². The van der Waals surface area contributed by atoms with E-state index in [1.165, 1.54) is 4.90 Å². The Balaban J connectivity index is 1.82. The summed E-state index contributed by atoms with van der Waals surface area (Å²) in [6, 6.07) is 7.56. The van der Waals surface area contributed by atoms with Gasteiger partial charge in [-0.3, -0.25) is 9.59 Å². The minimum atomic E-state index is -0.801. The van der Waals surface area contributed by atoms with E-state index in [0.717, 1.165) is 18.2 Å². The molecule has 0 radical (unpaired) electrons. The molecule has 2 amide bonds. The van der Waals surface area contributed by atoms with E-state index in [0.29, 0.717) is 42.3 Å². The fourth-order valence-corrected chi connectivity index (χ4v) is 3.37. The highest BCUT2D eigenvalue weighted by atomic mass is 35.5. The maximum atomic E-state index is 13.5. The van der Waals surface area contributed by atoms with Crippen LogP contribution in [0.25, 0.3) is 0 Å². The van der Waals surface area contributed by atoms with Crippen molar-refractivity contribution in [3.8, 4) is 5.75 Å². The topological polar surface area (TPSA) is 49.9 Å². The second-order valence-corrected chi connectivity index (χ2v) is 7.31. The fraction of sp³-hybridized carbons (Fsp3) is 0.333. The molecule has 0 unspecified atom stereocenters. The summed E-state index contributed by atoms with van der Waals surface area (Å²) in [6.07, 6.45) is 1.30. The normalized spacial score (nSPS) is 15.8. The number of hydrogen-bond acceptors (Lipinski definition) is 3. The number of amides is 2. The summed E-state index contributed by atoms with van der Waals surface area (Å²) in [5.74, 6) is -1.89. The zero-order valence-electron chi connectivity index (χ0n) is 16.0. The highest BCUT2D eigenvalue weighted by molar-refractivity contribution is 6.31. The van der Waals surface area contributed by atoms with Gasteiger partial charge in [-0.05, 0) is 43.2 Å². The van der Waals surface area contributed by atoms with Gasteiger partial charge in [0.1, 0.15) is 24.0 Å². The number of carbonyl (C=O) groups is 2. The third kappa shape index (κ3) is 5.23. The van der Waals surface area contributed by atoms with E-state index < -0.39 is 17.5 Å². The monoisotopic (exact) mass is 422 g/mol. The smallest absolute Gasteiger partial charge is 0.257 e. The third-order valence-corrected chi connectivity index (χ3v) is 4.94. The van der Waals surface area contributed by atoms with Gasteiger partial charge in [0.05, 0.1) is 12.1 Å². The molecule has 0 fully saturated rings. The van der Waals surface area contributed by atoms with Crippen LogP contribution in [0.5, 0.6) is 5.75 Å². The summed E-state index contributed by atoms with van der Waals surface area (Å²) in [6.45, 7) is 1.20. The van der Waals surface area contributed by atoms with E-state index >= 15 is 0 Å². The molecule has 0 atom stereocenters. The lowest BCUT2D eigenvalue weighted by molar-refractivity contribution is 0.0703. The first-order valence-electron chi connectivity index (χ1n) is 9.28. The number of rotatable bonds is 1. The lowest BCUT2D eigenvalue weighted by atomic mass is 10.1. The van der Waals surface area contributed by atoms with E-state index in [9.17, 15) is 18.4 Å². The largest absolute Gasteiger partial charge is 0.491 e. The molecule has 3 rings (SSSR count). The van der Waals surface area contributed by atoms with Gasteiger partial charge in [0, 0.05) is 36.8 Å². The SMILES string of the molecule is CN1CCCCN(C(=O)c2cc(F)cc(F)c2)CCOc2ccc(Cl)cc2C1=O. The molecule has 2 aromatic carbocycles. The van der Waals surface area contributed by atoms with Crippen LogP contribution in [-0.2, 0) is 0 Å². The Morgan fingerprint density at radius 3 is 2.45 bits per heavy atom. The van der Waals surface area contributed by atoms with Crippen molar-refractivity contribution in [1.82, 2.24) is 9.80 Å². The van der Waals surface area contributed by atoms with Crippen molar-refractivity contribution in [3.63, 3.8) is 0 Å². The van der Waals surface area contributed by atoms with Gasteiger partial charge in [-0.2, -0.15) is 0 Å². The van der Waals surface area contributed by atoms with Crippen molar-refractivity contribution >= 4 is 23.4 Å². The number of benzene rings is 2. The number of ether oxygens (including phenoxy) is 1. The molecular formula is C21H21ClF2N2O3. The predicted molar refractivity (Wildman–Crippen MR) is 105 cm³/mol. The Labute approximate surface area is 172 Å². The van der Waals surface area contributed by atoms with Crippen LogP contribution in [0.1, 0.15) is 33.6 Å². The second kappa shape index (κ2) is 9.22. The van der Waals surface area contributed by atoms with Crippen molar-refractivity contribution in [2.45, 2.75) is 12.8 Å². The van der Waals surface area contributed by atoms with Crippen LogP contribution < -0.4 is 4.74 Å². The quantitative estimate of drug-likeness (QED) is 0.697. The van der Waals surface area contributed by atoms with Crippen LogP contribution in [0.15, 0.2) is 36.4 Å². The van der Waals surface area contributed by atoms with Crippen LogP contribution in [-0.4, -0.2) is 54.9 Å². The molecule has 0 aromatic heterocycles. The predicted octanol–water partition coefficient (Wildman–Crippen LogP) is 4.01. The van der Waals surface area contributed by atoms with Crippen LogP contribution in [0.3, 0.4) is 0 Å². The van der Waals surface area contributed by atoms with E-state index in [2.05, 4.69) is 0 Å². The molecule has 0 N–H and O–H groups in total. The highest BCUT2D eigenvalue weighted by Crippen LogP contribution is 2.25. The number of halogens is 3. The van der Waals surface area contributed by atoms with Crippen LogP contribution in [0.4, 0.5) is 8.78 Å². The van der Waals surface area contributed by atoms with Gasteiger partial charge >= 0.3 is 0 Å². The standard InChI is InChI=1S/C21H21ClF2N2O3/c1-25-6-2-3-7-26(20(27)14-10-16(23)13-17(24)11-14)8-9-29-19-5-4-15(22)12-18(19)21(25)28/h4-5,10-13H,2-3,6-9H2,1H3. The zero-order chi connectivity index (χ0) is 21.0. The van der Waals surface area contributed by atoms with Crippen molar-refractivity contribution in [2.24, 2.45) is 0 Å². The first-order chi connectivity index (χ1) is 13.8. The van der Waals surface area contributed by atoms with Gasteiger partial charge < -0.3 is 14.5 Å². The second-order valence-electron chi connectivity index (χ2n) is 6.87. The average molecular weight is 423 g/mol. The molecule has 1 aliphatic heterocycles. The molecule has 5 nitrogen and oxygen atoms in total. The van der Waals surface area contributed by atoms with Crippen LogP contribution in [0.2, 0.25) is 5.02 Å². The molecule has 0 spiro atoms. The first-order valence-corrected chi connectivity index (χ1v) is 9.66. The van der Waals surface area contributed by atoms with E-state index in [4.69, 9.17) is 16.3 Å². The molecule has 0 saturated carbocycles. The molecule has 0 aliphatic carbocycles. The Bertz CT molecular complexity index is 903. The minimum absolute atomic E-state index is 0.0472. The van der Waals surface area contributed by atoms with Crippen LogP contribution in [0, 0.1) is 11.6 Å². The van der Waals surface area contributed by atoms with Crippen LogP contribution >= 0.6 is 11.6 Å². The Kier molecular flexibility index (Phi) is 6.69. The fourth-order valence-electron chi connectivity index (χ4n) is 3.19. The van der Waals surface area contributed by atoms with Gasteiger partial charge in [0.25, 0.3) is 11.8 Å². The molecular weight excluding hydrogens is 402 g/mol. The molecule has 2 aromatic rings. The Morgan fingerprint density at radius 1 is 1.03 bits per heavy atom. The number of fused-ring (bicyclic) bond motifs is 1. The maximum Gasteiger partial charge on any atom is 0.257 e. The van der Waals surface area contributed by atoms with Crippen molar-refractivity contribution < 1.29 is 23.1 Å². The number of hydrogen-bond donors (Lipinski definition) is 0. The Hall–Kier alpha value is -2.67. The summed E-state index contributed by atoms with van der Waals surface area (Å²) >= 11 is 6.03. The van der Waals surface area contributed by atoms with E-state index in [1.807, 2.05) is 0 Å². The first kappa shape index (κ1) is 21.0. The summed E-state index contributed by atoms with van der Waals surface area (Å²) in [5, 5.41) is 0.422. The summed E-state index contributed by atoms with van der Waals surface area (Å²) < 4.78 is 32.8. The summed E-state index contributed by atoms with van der Waals surface area (Å²) in [5.41, 5.74) is 0.305. The van der Waals surface area contributed by atoms with Gasteiger partial charge in [0.15, 0.2) is 0 Å². The Morgan fingerprint density at radius 2 is 1.72 bits per heavy atom.